The maximum absolute atomic E-state index is 12.7. The van der Waals surface area contributed by atoms with Gasteiger partial charge in [0, 0.05) is 45.5 Å². The first kappa shape index (κ1) is 20.7. The highest BCUT2D eigenvalue weighted by atomic mass is 32.2. The van der Waals surface area contributed by atoms with E-state index in [2.05, 4.69) is 11.3 Å². The molecule has 7 heteroatoms. The van der Waals surface area contributed by atoms with Crippen LogP contribution in [0.1, 0.15) is 15.9 Å². The van der Waals surface area contributed by atoms with Gasteiger partial charge in [-0.3, -0.25) is 4.79 Å². The van der Waals surface area contributed by atoms with Crippen molar-refractivity contribution in [2.75, 3.05) is 32.6 Å². The summed E-state index contributed by atoms with van der Waals surface area (Å²) >= 11 is 0. The van der Waals surface area contributed by atoms with Crippen molar-refractivity contribution in [1.29, 1.82) is 0 Å². The number of sulfonamides is 1. The first-order valence-electron chi connectivity index (χ1n) is 8.47. The van der Waals surface area contributed by atoms with Crippen molar-refractivity contribution in [2.45, 2.75) is 11.4 Å². The highest BCUT2D eigenvalue weighted by Gasteiger charge is 2.17. The summed E-state index contributed by atoms with van der Waals surface area (Å²) < 4.78 is 26.9. The molecule has 0 fully saturated rings. The molecule has 0 aliphatic rings. The van der Waals surface area contributed by atoms with E-state index in [-0.39, 0.29) is 17.3 Å². The molecule has 2 rings (SSSR count). The summed E-state index contributed by atoms with van der Waals surface area (Å²) in [6.07, 6.45) is 1.46. The third kappa shape index (κ3) is 5.42. The van der Waals surface area contributed by atoms with Crippen molar-refractivity contribution in [3.8, 4) is 0 Å². The van der Waals surface area contributed by atoms with Gasteiger partial charge in [-0.05, 0) is 35.9 Å². The van der Waals surface area contributed by atoms with Gasteiger partial charge in [0.25, 0.3) is 5.91 Å². The number of carbonyl (C=O) groups excluding carboxylic acids is 1. The average molecular weight is 388 g/mol. The molecule has 0 aromatic heterocycles. The topological polar surface area (TPSA) is 69.7 Å². The number of hydrogen-bond acceptors (Lipinski definition) is 4. The molecule has 0 atom stereocenters. The predicted octanol–water partition coefficient (Wildman–Crippen LogP) is 2.49. The highest BCUT2D eigenvalue weighted by Crippen LogP contribution is 2.16. The zero-order valence-electron chi connectivity index (χ0n) is 15.8. The Kier molecular flexibility index (Phi) is 6.76. The van der Waals surface area contributed by atoms with Crippen LogP contribution in [-0.2, 0) is 16.6 Å². The quantitative estimate of drug-likeness (QED) is 0.707. The summed E-state index contributed by atoms with van der Waals surface area (Å²) in [4.78, 5) is 16.3. The van der Waals surface area contributed by atoms with Crippen LogP contribution in [0.15, 0.2) is 66.1 Å². The molecule has 2 aromatic carbocycles. The van der Waals surface area contributed by atoms with Crippen LogP contribution in [0.5, 0.6) is 0 Å². The van der Waals surface area contributed by atoms with E-state index in [1.54, 1.807) is 24.1 Å². The minimum Gasteiger partial charge on any atom is -0.378 e. The lowest BCUT2D eigenvalue weighted by Crippen LogP contribution is -2.27. The van der Waals surface area contributed by atoms with Gasteiger partial charge in [-0.1, -0.05) is 24.3 Å². The van der Waals surface area contributed by atoms with Gasteiger partial charge < -0.3 is 9.80 Å². The van der Waals surface area contributed by atoms with E-state index < -0.39 is 10.0 Å². The summed E-state index contributed by atoms with van der Waals surface area (Å²) in [7, 11) is 1.96. The minimum atomic E-state index is -3.67. The molecule has 0 aliphatic heterocycles. The standard InChI is InChI=1S/C20H25N3O3S/c1-5-13-21-27(25,26)19-8-6-7-17(14-19)20(24)23(4)15-16-9-11-18(12-10-16)22(2)3/h5-12,14,21H,1,13,15H2,2-4H3. The lowest BCUT2D eigenvalue weighted by Gasteiger charge is -2.19. The lowest BCUT2D eigenvalue weighted by atomic mass is 10.1. The Labute approximate surface area is 161 Å². The van der Waals surface area contributed by atoms with Gasteiger partial charge in [0.05, 0.1) is 4.90 Å². The van der Waals surface area contributed by atoms with Gasteiger partial charge in [-0.25, -0.2) is 13.1 Å². The second-order valence-corrected chi connectivity index (χ2v) is 8.16. The Morgan fingerprint density at radius 1 is 1.11 bits per heavy atom. The van der Waals surface area contributed by atoms with Gasteiger partial charge in [0.1, 0.15) is 0 Å². The number of amides is 1. The maximum Gasteiger partial charge on any atom is 0.253 e. The Morgan fingerprint density at radius 2 is 1.78 bits per heavy atom. The fourth-order valence-corrected chi connectivity index (χ4v) is 3.56. The normalized spacial score (nSPS) is 11.1. The number of carbonyl (C=O) groups is 1. The third-order valence-electron chi connectivity index (χ3n) is 4.03. The Balaban J connectivity index is 2.14. The van der Waals surface area contributed by atoms with Crippen LogP contribution < -0.4 is 9.62 Å². The summed E-state index contributed by atoms with van der Waals surface area (Å²) in [5.41, 5.74) is 2.40. The molecule has 1 amide bonds. The molecule has 0 saturated heterocycles. The van der Waals surface area contributed by atoms with Crippen molar-refractivity contribution in [3.05, 3.63) is 72.3 Å². The number of nitrogens with one attached hydrogen (secondary N) is 1. The van der Waals surface area contributed by atoms with E-state index in [4.69, 9.17) is 0 Å². The molecule has 0 aliphatic carbocycles. The number of hydrogen-bond donors (Lipinski definition) is 1. The molecular weight excluding hydrogens is 362 g/mol. The zero-order valence-corrected chi connectivity index (χ0v) is 16.7. The second kappa shape index (κ2) is 8.83. The average Bonchev–Trinajstić information content (AvgIpc) is 2.66. The third-order valence-corrected chi connectivity index (χ3v) is 5.45. The molecule has 1 N–H and O–H groups in total. The van der Waals surface area contributed by atoms with Gasteiger partial charge in [-0.2, -0.15) is 0 Å². The molecule has 0 unspecified atom stereocenters. The number of anilines is 1. The summed E-state index contributed by atoms with van der Waals surface area (Å²) in [6, 6.07) is 14.0. The maximum atomic E-state index is 12.7. The van der Waals surface area contributed by atoms with Gasteiger partial charge in [0.15, 0.2) is 0 Å². The second-order valence-electron chi connectivity index (χ2n) is 6.39. The lowest BCUT2D eigenvalue weighted by molar-refractivity contribution is 0.0785. The molecule has 0 heterocycles. The van der Waals surface area contributed by atoms with Crippen LogP contribution in [0, 0.1) is 0 Å². The van der Waals surface area contributed by atoms with Crippen molar-refractivity contribution in [1.82, 2.24) is 9.62 Å². The fraction of sp³-hybridized carbons (Fsp3) is 0.250. The summed E-state index contributed by atoms with van der Waals surface area (Å²) in [5, 5.41) is 0. The fourth-order valence-electron chi connectivity index (χ4n) is 2.51. The van der Waals surface area contributed by atoms with Gasteiger partial charge in [0.2, 0.25) is 10.0 Å². The predicted molar refractivity (Wildman–Crippen MR) is 108 cm³/mol. The number of nitrogens with zero attached hydrogens (tertiary/aromatic N) is 2. The van der Waals surface area contributed by atoms with E-state index >= 15 is 0 Å². The van der Waals surface area contributed by atoms with Crippen LogP contribution in [0.2, 0.25) is 0 Å². The number of benzene rings is 2. The molecule has 6 nitrogen and oxygen atoms in total. The zero-order chi connectivity index (χ0) is 20.0. The highest BCUT2D eigenvalue weighted by molar-refractivity contribution is 7.89. The summed E-state index contributed by atoms with van der Waals surface area (Å²) in [6.45, 7) is 4.05. The van der Waals surface area contributed by atoms with Crippen LogP contribution in [0.4, 0.5) is 5.69 Å². The molecule has 0 bridgehead atoms. The largest absolute Gasteiger partial charge is 0.378 e. The van der Waals surface area contributed by atoms with E-state index in [0.717, 1.165) is 11.3 Å². The molecule has 0 radical (unpaired) electrons. The SMILES string of the molecule is C=CCNS(=O)(=O)c1cccc(C(=O)N(C)Cc2ccc(N(C)C)cc2)c1. The van der Waals surface area contributed by atoms with E-state index in [0.29, 0.717) is 12.1 Å². The molecule has 27 heavy (non-hydrogen) atoms. The Morgan fingerprint density at radius 3 is 2.37 bits per heavy atom. The van der Waals surface area contributed by atoms with Crippen LogP contribution in [0.3, 0.4) is 0 Å². The van der Waals surface area contributed by atoms with E-state index in [1.807, 2.05) is 43.3 Å². The molecule has 0 spiro atoms. The summed E-state index contributed by atoms with van der Waals surface area (Å²) in [5.74, 6) is -0.243. The molecule has 144 valence electrons. The van der Waals surface area contributed by atoms with Crippen LogP contribution in [-0.4, -0.2) is 46.9 Å². The molecular formula is C20H25N3O3S. The smallest absolute Gasteiger partial charge is 0.253 e. The Bertz CT molecular complexity index is 906. The van der Waals surface area contributed by atoms with Gasteiger partial charge >= 0.3 is 0 Å². The van der Waals surface area contributed by atoms with Crippen LogP contribution >= 0.6 is 0 Å². The van der Waals surface area contributed by atoms with Gasteiger partial charge in [-0.15, -0.1) is 6.58 Å². The monoisotopic (exact) mass is 387 g/mol. The van der Waals surface area contributed by atoms with Crippen molar-refractivity contribution in [2.24, 2.45) is 0 Å². The first-order chi connectivity index (χ1) is 12.7. The van der Waals surface area contributed by atoms with Crippen LogP contribution in [0.25, 0.3) is 0 Å². The van der Waals surface area contributed by atoms with Crippen molar-refractivity contribution in [3.63, 3.8) is 0 Å². The van der Waals surface area contributed by atoms with Crippen molar-refractivity contribution < 1.29 is 13.2 Å². The van der Waals surface area contributed by atoms with E-state index in [1.165, 1.54) is 18.2 Å². The number of rotatable bonds is 8. The van der Waals surface area contributed by atoms with Crippen molar-refractivity contribution >= 4 is 21.6 Å². The van der Waals surface area contributed by atoms with E-state index in [9.17, 15) is 13.2 Å². The first-order valence-corrected chi connectivity index (χ1v) is 9.95. The molecule has 2 aromatic rings. The Hall–Kier alpha value is -2.64. The molecule has 0 saturated carbocycles. The minimum absolute atomic E-state index is 0.0546.